The zero-order valence-electron chi connectivity index (χ0n) is 38.3. The first-order chi connectivity index (χ1) is 34.6. The molecule has 6 aliphatic rings. The first-order valence-electron chi connectivity index (χ1n) is 23.2. The molecule has 30 atom stereocenters. The van der Waals surface area contributed by atoms with Crippen LogP contribution in [0.15, 0.2) is 35.2 Å². The summed E-state index contributed by atoms with van der Waals surface area (Å²) in [6.07, 6.45) is -51.2. The van der Waals surface area contributed by atoms with Crippen molar-refractivity contribution in [3.05, 3.63) is 30.3 Å². The highest BCUT2D eigenvalue weighted by Crippen LogP contribution is 2.35. The first kappa shape index (κ1) is 59.0. The summed E-state index contributed by atoms with van der Waals surface area (Å²) < 4.78 is 61.2. The summed E-state index contributed by atoms with van der Waals surface area (Å²) in [7, 11) is 0. The molecule has 6 fully saturated rings. The molecule has 0 bridgehead atoms. The molecule has 420 valence electrons. The fraction of sp³-hybridized carbons (Fsp3) is 0.857. The molecule has 0 spiro atoms. The molecule has 6 saturated heterocycles. The topological polar surface area (TPSA) is 486 Å². The van der Waals surface area contributed by atoms with E-state index in [1.54, 1.807) is 30.3 Å². The van der Waals surface area contributed by atoms with E-state index in [1.165, 1.54) is 0 Å². The summed E-state index contributed by atoms with van der Waals surface area (Å²) in [5.74, 6) is 0. The highest BCUT2D eigenvalue weighted by atomic mass is 32.2. The van der Waals surface area contributed by atoms with Crippen molar-refractivity contribution < 1.29 is 149 Å². The Bertz CT molecular complexity index is 1820. The summed E-state index contributed by atoms with van der Waals surface area (Å²) in [6, 6.07) is 8.71. The Kier molecular flexibility index (Phi) is 20.9. The fourth-order valence-corrected chi connectivity index (χ4v) is 9.79. The Balaban J connectivity index is 0.907. The Morgan fingerprint density at radius 2 is 0.548 bits per heavy atom. The van der Waals surface area contributed by atoms with E-state index in [4.69, 9.17) is 52.1 Å². The number of thioether (sulfide) groups is 1. The second-order valence-electron chi connectivity index (χ2n) is 18.4. The monoisotopic (exact) mass is 1080 g/mol. The van der Waals surface area contributed by atoms with Crippen LogP contribution in [0.3, 0.4) is 0 Å². The van der Waals surface area contributed by atoms with Crippen LogP contribution in [0.1, 0.15) is 0 Å². The maximum Gasteiger partial charge on any atom is 0.186 e. The number of rotatable bonds is 18. The Morgan fingerprint density at radius 1 is 0.301 bits per heavy atom. The van der Waals surface area contributed by atoms with Gasteiger partial charge < -0.3 is 149 Å². The van der Waals surface area contributed by atoms with Crippen molar-refractivity contribution in [2.45, 2.75) is 188 Å². The molecule has 1 aromatic rings. The molecule has 0 amide bonds. The summed E-state index contributed by atoms with van der Waals surface area (Å²) >= 11 is 1.06. The second-order valence-corrected chi connectivity index (χ2v) is 19.5. The van der Waals surface area contributed by atoms with E-state index in [2.05, 4.69) is 0 Å². The lowest BCUT2D eigenvalue weighted by Gasteiger charge is -2.45. The van der Waals surface area contributed by atoms with Crippen molar-refractivity contribution in [3.8, 4) is 0 Å². The lowest BCUT2D eigenvalue weighted by atomic mass is 9.97. The lowest BCUT2D eigenvalue weighted by Crippen LogP contribution is -2.63. The van der Waals surface area contributed by atoms with E-state index in [1.807, 2.05) is 0 Å². The third-order valence-corrected chi connectivity index (χ3v) is 14.5. The molecule has 5 unspecified atom stereocenters. The SMILES string of the molecule is OCC1O[C@@H](OCC2O[C@@H](OCC3O[C@@H](OCC4O[C@@H](OC[C@H]5O[C@@H](OC[C@H]6OC(Sc7ccccc7)[C@H](O)[C@@H](O)[C@@H]6O)[C@H](O)[C@@H](O)[C@@H]5O)[C@H](O)[C@@H](O)[C@@H]4O)[C@H](O)[C@@H](O)[C@@H]3O)[C@H](O)[C@@H](O)[C@@H]2O)[C@H](O)[C@@H](O)[C@@H]1O. The molecule has 6 aliphatic heterocycles. The van der Waals surface area contributed by atoms with Crippen LogP contribution >= 0.6 is 11.8 Å². The van der Waals surface area contributed by atoms with Crippen LogP contribution in [-0.4, -0.2) is 320 Å². The van der Waals surface area contributed by atoms with Crippen molar-refractivity contribution in [1.82, 2.24) is 0 Å². The smallest absolute Gasteiger partial charge is 0.186 e. The fourth-order valence-electron chi connectivity index (χ4n) is 8.71. The molecule has 31 heteroatoms. The van der Waals surface area contributed by atoms with Crippen LogP contribution in [-0.2, 0) is 52.1 Å². The molecule has 1 aromatic carbocycles. The number of aliphatic hydroxyl groups is 19. The summed E-state index contributed by atoms with van der Waals surface area (Å²) in [5, 5.41) is 200. The molecule has 19 N–H and O–H groups in total. The van der Waals surface area contributed by atoms with Gasteiger partial charge in [-0.25, -0.2) is 0 Å². The molecular formula is C42H66O30S. The van der Waals surface area contributed by atoms with Gasteiger partial charge in [0.05, 0.1) is 39.6 Å². The number of benzene rings is 1. The average Bonchev–Trinajstić information content (AvgIpc) is 3.38. The largest absolute Gasteiger partial charge is 0.394 e. The van der Waals surface area contributed by atoms with Crippen LogP contribution in [0.25, 0.3) is 0 Å². The van der Waals surface area contributed by atoms with Crippen LogP contribution in [0.4, 0.5) is 0 Å². The molecule has 73 heavy (non-hydrogen) atoms. The maximum atomic E-state index is 10.8. The molecule has 0 saturated carbocycles. The van der Waals surface area contributed by atoms with Crippen LogP contribution < -0.4 is 0 Å². The van der Waals surface area contributed by atoms with Crippen molar-refractivity contribution in [1.29, 1.82) is 0 Å². The molecule has 7 rings (SSSR count). The van der Waals surface area contributed by atoms with Gasteiger partial charge in [-0.2, -0.15) is 0 Å². The van der Waals surface area contributed by atoms with Gasteiger partial charge in [-0.3, -0.25) is 0 Å². The number of hydrogen-bond acceptors (Lipinski definition) is 31. The molecular weight excluding hydrogens is 1020 g/mol. The number of aliphatic hydroxyl groups excluding tert-OH is 19. The summed E-state index contributed by atoms with van der Waals surface area (Å²) in [4.78, 5) is 0.671. The van der Waals surface area contributed by atoms with Crippen LogP contribution in [0.2, 0.25) is 0 Å². The molecule has 30 nitrogen and oxygen atoms in total. The van der Waals surface area contributed by atoms with E-state index in [0.29, 0.717) is 4.90 Å². The van der Waals surface area contributed by atoms with Gasteiger partial charge in [-0.1, -0.05) is 30.0 Å². The third-order valence-electron chi connectivity index (χ3n) is 13.3. The van der Waals surface area contributed by atoms with Gasteiger partial charge in [-0.15, -0.1) is 0 Å². The molecule has 0 radical (unpaired) electrons. The Labute approximate surface area is 418 Å². The minimum absolute atomic E-state index is 0.572. The summed E-state index contributed by atoms with van der Waals surface area (Å²) in [6.45, 7) is -4.34. The minimum Gasteiger partial charge on any atom is -0.394 e. The van der Waals surface area contributed by atoms with Crippen molar-refractivity contribution in [2.75, 3.05) is 39.6 Å². The molecule has 0 aromatic heterocycles. The van der Waals surface area contributed by atoms with Gasteiger partial charge in [0, 0.05) is 4.90 Å². The van der Waals surface area contributed by atoms with Gasteiger partial charge in [0.1, 0.15) is 152 Å². The zero-order valence-corrected chi connectivity index (χ0v) is 39.2. The van der Waals surface area contributed by atoms with E-state index in [-0.39, 0.29) is 0 Å². The first-order valence-corrected chi connectivity index (χ1v) is 24.1. The highest BCUT2D eigenvalue weighted by molar-refractivity contribution is 7.99. The summed E-state index contributed by atoms with van der Waals surface area (Å²) in [5.41, 5.74) is -1.07. The van der Waals surface area contributed by atoms with Gasteiger partial charge in [-0.05, 0) is 12.1 Å². The lowest BCUT2D eigenvalue weighted by molar-refractivity contribution is -0.351. The highest BCUT2D eigenvalue weighted by Gasteiger charge is 2.52. The second kappa shape index (κ2) is 25.9. The van der Waals surface area contributed by atoms with E-state index in [9.17, 15) is 97.0 Å². The number of ether oxygens (including phenoxy) is 11. The molecule has 6 heterocycles. The van der Waals surface area contributed by atoms with Crippen LogP contribution in [0.5, 0.6) is 0 Å². The zero-order chi connectivity index (χ0) is 53.2. The van der Waals surface area contributed by atoms with Gasteiger partial charge in [0.25, 0.3) is 0 Å². The van der Waals surface area contributed by atoms with Crippen molar-refractivity contribution in [3.63, 3.8) is 0 Å². The Morgan fingerprint density at radius 3 is 0.836 bits per heavy atom. The number of hydrogen-bond donors (Lipinski definition) is 19. The van der Waals surface area contributed by atoms with E-state index >= 15 is 0 Å². The predicted molar refractivity (Wildman–Crippen MR) is 229 cm³/mol. The standard InChI is InChI=1S/C42H66O30S/c43-6-13-19(44)25(50)31(56)37(67-13)62-7-14-20(45)26(51)32(57)38(68-14)63-8-15-21(46)27(52)33(58)39(69-15)64-9-16-22(47)28(53)34(59)40(70-16)65-10-17-23(48)29(54)35(60)41(71-17)66-11-18-24(49)30(55)36(61)42(72-18)73-12-4-2-1-3-5-12/h1-5,13-61H,6-11H2/t13?,14?,15?,16?,17-,18-,19-,20-,21-,22-,23-,24-,25+,26+,27+,28+,29+,30+,31-,32-,33-,34-,35-,36-,37-,38-,39-,40-,41-,42?/m1/s1. The van der Waals surface area contributed by atoms with Gasteiger partial charge >= 0.3 is 0 Å². The van der Waals surface area contributed by atoms with Crippen LogP contribution in [0, 0.1) is 0 Å². The maximum absolute atomic E-state index is 10.8. The minimum atomic E-state index is -2.00. The van der Waals surface area contributed by atoms with Crippen molar-refractivity contribution in [2.24, 2.45) is 0 Å². The van der Waals surface area contributed by atoms with E-state index < -0.39 is 223 Å². The van der Waals surface area contributed by atoms with Crippen molar-refractivity contribution >= 4 is 11.8 Å². The molecule has 0 aliphatic carbocycles. The van der Waals surface area contributed by atoms with Gasteiger partial charge in [0.2, 0.25) is 0 Å². The van der Waals surface area contributed by atoms with E-state index in [0.717, 1.165) is 11.8 Å². The average molecular weight is 1080 g/mol. The third kappa shape index (κ3) is 13.3. The predicted octanol–water partition coefficient (Wildman–Crippen LogP) is -11.3. The quantitative estimate of drug-likeness (QED) is 0.0649. The van der Waals surface area contributed by atoms with Gasteiger partial charge in [0.15, 0.2) is 31.5 Å². The Hall–Kier alpha value is -1.63. The normalized spacial score (nSPS) is 49.9.